The van der Waals surface area contributed by atoms with Crippen LogP contribution in [0.2, 0.25) is 0 Å². The Labute approximate surface area is 157 Å². The van der Waals surface area contributed by atoms with Crippen molar-refractivity contribution < 1.29 is 14.3 Å². The second kappa shape index (κ2) is 10.3. The molecule has 0 unspecified atom stereocenters. The van der Waals surface area contributed by atoms with Gasteiger partial charge in [-0.2, -0.15) is 5.10 Å². The lowest BCUT2D eigenvalue weighted by atomic mass is 10.2. The van der Waals surface area contributed by atoms with Gasteiger partial charge in [0.05, 0.1) is 31.8 Å². The van der Waals surface area contributed by atoms with Gasteiger partial charge >= 0.3 is 0 Å². The van der Waals surface area contributed by atoms with Crippen LogP contribution in [0.3, 0.4) is 0 Å². The molecule has 1 aromatic carbocycles. The van der Waals surface area contributed by atoms with Gasteiger partial charge in [-0.1, -0.05) is 11.8 Å². The first-order valence-electron chi connectivity index (χ1n) is 8.86. The number of ether oxygens (including phenoxy) is 2. The maximum absolute atomic E-state index is 11.0. The molecule has 8 heteroatoms. The first-order chi connectivity index (χ1) is 12.8. The van der Waals surface area contributed by atoms with Crippen molar-refractivity contribution in [3.05, 3.63) is 29.8 Å². The van der Waals surface area contributed by atoms with Crippen LogP contribution >= 0.6 is 11.8 Å². The third kappa shape index (κ3) is 6.44. The molecule has 0 bridgehead atoms. The molecule has 1 N–H and O–H groups in total. The normalized spacial score (nSPS) is 20.0. The number of unbranched alkanes of at least 4 members (excludes halogenated alkanes) is 1. The highest BCUT2D eigenvalue weighted by molar-refractivity contribution is 8.15. The number of rotatable bonds is 8. The van der Waals surface area contributed by atoms with Crippen LogP contribution in [-0.2, 0) is 9.53 Å². The highest BCUT2D eigenvalue weighted by atomic mass is 32.2. The van der Waals surface area contributed by atoms with Crippen molar-refractivity contribution in [2.45, 2.75) is 12.8 Å². The fourth-order valence-electron chi connectivity index (χ4n) is 2.63. The Kier molecular flexibility index (Phi) is 7.48. The minimum atomic E-state index is -0.0320. The van der Waals surface area contributed by atoms with Crippen molar-refractivity contribution in [1.82, 2.24) is 10.2 Å². The van der Waals surface area contributed by atoms with Gasteiger partial charge in [0.2, 0.25) is 5.91 Å². The van der Waals surface area contributed by atoms with E-state index in [-0.39, 0.29) is 5.91 Å². The highest BCUT2D eigenvalue weighted by Gasteiger charge is 2.15. The number of carbonyl (C=O) groups excluding carboxylic acids is 1. The molecule has 0 spiro atoms. The number of hydrogen-bond donors (Lipinski definition) is 1. The van der Waals surface area contributed by atoms with E-state index >= 15 is 0 Å². The van der Waals surface area contributed by atoms with E-state index in [9.17, 15) is 4.79 Å². The zero-order valence-electron chi connectivity index (χ0n) is 14.7. The molecule has 2 fully saturated rings. The van der Waals surface area contributed by atoms with Crippen LogP contribution < -0.4 is 10.1 Å². The summed E-state index contributed by atoms with van der Waals surface area (Å²) in [5, 5.41) is 11.1. The number of thioether (sulfide) groups is 1. The van der Waals surface area contributed by atoms with Gasteiger partial charge in [-0.3, -0.25) is 9.69 Å². The van der Waals surface area contributed by atoms with Gasteiger partial charge in [0.25, 0.3) is 0 Å². The summed E-state index contributed by atoms with van der Waals surface area (Å²) in [6.45, 7) is 5.63. The van der Waals surface area contributed by atoms with Gasteiger partial charge in [-0.05, 0) is 49.2 Å². The van der Waals surface area contributed by atoms with E-state index in [4.69, 9.17) is 9.47 Å². The van der Waals surface area contributed by atoms with Crippen molar-refractivity contribution >= 4 is 29.1 Å². The zero-order valence-corrected chi connectivity index (χ0v) is 15.5. The molecule has 0 radical (unpaired) electrons. The fraction of sp³-hybridized carbons (Fsp3) is 0.500. The maximum atomic E-state index is 11.0. The third-order valence-electron chi connectivity index (χ3n) is 4.06. The molecule has 0 saturated carbocycles. The number of morpholine rings is 1. The monoisotopic (exact) mass is 376 g/mol. The van der Waals surface area contributed by atoms with Crippen molar-refractivity contribution in [3.8, 4) is 5.75 Å². The zero-order chi connectivity index (χ0) is 18.0. The van der Waals surface area contributed by atoms with Gasteiger partial charge < -0.3 is 14.8 Å². The number of nitrogens with zero attached hydrogens (tertiary/aromatic N) is 3. The van der Waals surface area contributed by atoms with Crippen LogP contribution in [-0.4, -0.2) is 67.4 Å². The predicted octanol–water partition coefficient (Wildman–Crippen LogP) is 1.73. The number of amidine groups is 1. The van der Waals surface area contributed by atoms with Crippen LogP contribution in [0.25, 0.3) is 0 Å². The van der Waals surface area contributed by atoms with Crippen molar-refractivity contribution in [2.75, 3.05) is 45.2 Å². The first kappa shape index (κ1) is 18.9. The Morgan fingerprint density at radius 2 is 2.04 bits per heavy atom. The number of benzene rings is 1. The van der Waals surface area contributed by atoms with Crippen molar-refractivity contribution in [1.29, 1.82) is 0 Å². The Morgan fingerprint density at radius 3 is 2.77 bits per heavy atom. The lowest BCUT2D eigenvalue weighted by Crippen LogP contribution is -2.36. The van der Waals surface area contributed by atoms with E-state index in [2.05, 4.69) is 20.4 Å². The summed E-state index contributed by atoms with van der Waals surface area (Å²) >= 11 is 1.36. The van der Waals surface area contributed by atoms with Crippen LogP contribution in [0.1, 0.15) is 18.4 Å². The second-order valence-corrected chi connectivity index (χ2v) is 7.03. The van der Waals surface area contributed by atoms with E-state index in [1.54, 1.807) is 6.21 Å². The molecule has 7 nitrogen and oxygen atoms in total. The summed E-state index contributed by atoms with van der Waals surface area (Å²) in [5.41, 5.74) is 0.934. The average molecular weight is 376 g/mol. The minimum Gasteiger partial charge on any atom is -0.494 e. The maximum Gasteiger partial charge on any atom is 0.236 e. The lowest BCUT2D eigenvalue weighted by molar-refractivity contribution is -0.116. The topological polar surface area (TPSA) is 75.5 Å². The summed E-state index contributed by atoms with van der Waals surface area (Å²) in [4.78, 5) is 13.5. The SMILES string of the molecule is O=C1CSC(=NN=Cc2ccc(OCCCCN3CCOCC3)cc2)N1. The predicted molar refractivity (Wildman–Crippen MR) is 104 cm³/mol. The van der Waals surface area contributed by atoms with Crippen molar-refractivity contribution in [3.63, 3.8) is 0 Å². The van der Waals surface area contributed by atoms with Crippen molar-refractivity contribution in [2.24, 2.45) is 10.2 Å². The highest BCUT2D eigenvalue weighted by Crippen LogP contribution is 2.12. The Balaban J connectivity index is 1.33. The average Bonchev–Trinajstić information content (AvgIpc) is 3.09. The molecule has 3 rings (SSSR count). The molecule has 0 aliphatic carbocycles. The molecule has 2 heterocycles. The van der Waals surface area contributed by atoms with Crippen LogP contribution in [0.15, 0.2) is 34.5 Å². The van der Waals surface area contributed by atoms with Gasteiger partial charge in [-0.25, -0.2) is 0 Å². The number of nitrogens with one attached hydrogen (secondary N) is 1. The smallest absolute Gasteiger partial charge is 0.236 e. The van der Waals surface area contributed by atoms with E-state index in [0.29, 0.717) is 10.9 Å². The summed E-state index contributed by atoms with van der Waals surface area (Å²) < 4.78 is 11.1. The molecule has 0 aromatic heterocycles. The Hall–Kier alpha value is -1.90. The molecule has 2 saturated heterocycles. The quantitative estimate of drug-likeness (QED) is 0.425. The number of hydrogen-bond acceptors (Lipinski definition) is 7. The number of carbonyl (C=O) groups is 1. The van der Waals surface area contributed by atoms with Gasteiger partial charge in [0.15, 0.2) is 5.17 Å². The Morgan fingerprint density at radius 1 is 1.23 bits per heavy atom. The standard InChI is InChI=1S/C18H24N4O3S/c23-17-14-26-18(20-17)21-19-13-15-3-5-16(6-4-15)25-10-2-1-7-22-8-11-24-12-9-22/h3-6,13H,1-2,7-12,14H2,(H,20,21,23). The Bertz CT molecular complexity index is 642. The van der Waals surface area contributed by atoms with Crippen LogP contribution in [0.4, 0.5) is 0 Å². The molecule has 0 atom stereocenters. The van der Waals surface area contributed by atoms with E-state index in [1.807, 2.05) is 24.3 Å². The van der Waals surface area contributed by atoms with Crippen LogP contribution in [0.5, 0.6) is 5.75 Å². The molecule has 2 aliphatic heterocycles. The summed E-state index contributed by atoms with van der Waals surface area (Å²) in [5.74, 6) is 1.24. The van der Waals surface area contributed by atoms with E-state index in [1.165, 1.54) is 11.8 Å². The second-order valence-electron chi connectivity index (χ2n) is 6.07. The fourth-order valence-corrected chi connectivity index (χ4v) is 3.26. The van der Waals surface area contributed by atoms with E-state index in [0.717, 1.165) is 63.6 Å². The third-order valence-corrected chi connectivity index (χ3v) is 4.93. The molecule has 26 heavy (non-hydrogen) atoms. The molecular weight excluding hydrogens is 352 g/mol. The molecular formula is C18H24N4O3S. The molecule has 1 aromatic rings. The van der Waals surface area contributed by atoms with Gasteiger partial charge in [0, 0.05) is 13.1 Å². The largest absolute Gasteiger partial charge is 0.494 e. The first-order valence-corrected chi connectivity index (χ1v) is 9.85. The minimum absolute atomic E-state index is 0.0320. The summed E-state index contributed by atoms with van der Waals surface area (Å²) in [6.07, 6.45) is 3.84. The van der Waals surface area contributed by atoms with Gasteiger partial charge in [-0.15, -0.1) is 5.10 Å². The van der Waals surface area contributed by atoms with Gasteiger partial charge in [0.1, 0.15) is 5.75 Å². The molecule has 140 valence electrons. The molecule has 2 aliphatic rings. The van der Waals surface area contributed by atoms with Crippen LogP contribution in [0, 0.1) is 0 Å². The summed E-state index contributed by atoms with van der Waals surface area (Å²) in [7, 11) is 0. The lowest BCUT2D eigenvalue weighted by Gasteiger charge is -2.26. The molecule has 1 amide bonds. The summed E-state index contributed by atoms with van der Waals surface area (Å²) in [6, 6.07) is 7.74. The van der Waals surface area contributed by atoms with E-state index < -0.39 is 0 Å². The number of amides is 1.